The number of benzene rings is 1. The largest absolute Gasteiger partial charge is 0.481 e. The number of aromatic nitrogens is 2. The SMILES string of the molecule is CCn1nc(C)c(S(=O)(=O)N2CCN(C(=O)[C@H](C)Oc3cccc(Cl)c3)CC2)c1C. The Hall–Kier alpha value is -2.10. The quantitative estimate of drug-likeness (QED) is 0.669. The molecule has 1 saturated heterocycles. The minimum absolute atomic E-state index is 0.182. The first-order chi connectivity index (χ1) is 14.1. The molecule has 1 aromatic carbocycles. The molecule has 30 heavy (non-hydrogen) atoms. The molecule has 0 bridgehead atoms. The van der Waals surface area contributed by atoms with E-state index in [-0.39, 0.29) is 23.9 Å². The second-order valence-corrected chi connectivity index (χ2v) is 9.57. The Bertz CT molecular complexity index is 1030. The molecule has 10 heteroatoms. The number of amides is 1. The van der Waals surface area contributed by atoms with Crippen molar-refractivity contribution in [2.75, 3.05) is 26.2 Å². The van der Waals surface area contributed by atoms with E-state index in [1.165, 1.54) is 4.31 Å². The van der Waals surface area contributed by atoms with Crippen LogP contribution < -0.4 is 4.74 Å². The molecular formula is C20H27ClN4O4S. The Balaban J connectivity index is 1.65. The third kappa shape index (κ3) is 4.48. The van der Waals surface area contributed by atoms with E-state index in [2.05, 4.69) is 5.10 Å². The van der Waals surface area contributed by atoms with E-state index in [4.69, 9.17) is 16.3 Å². The van der Waals surface area contributed by atoms with Gasteiger partial charge in [-0.1, -0.05) is 17.7 Å². The summed E-state index contributed by atoms with van der Waals surface area (Å²) in [5.41, 5.74) is 1.13. The van der Waals surface area contributed by atoms with Crippen LogP contribution in [0.1, 0.15) is 25.2 Å². The lowest BCUT2D eigenvalue weighted by Crippen LogP contribution is -2.53. The van der Waals surface area contributed by atoms with Crippen LogP contribution in [0.5, 0.6) is 5.75 Å². The van der Waals surface area contributed by atoms with E-state index < -0.39 is 16.1 Å². The molecule has 1 aliphatic rings. The highest BCUT2D eigenvalue weighted by Gasteiger charge is 2.35. The van der Waals surface area contributed by atoms with E-state index in [9.17, 15) is 13.2 Å². The number of carbonyl (C=O) groups excluding carboxylic acids is 1. The van der Waals surface area contributed by atoms with E-state index >= 15 is 0 Å². The van der Waals surface area contributed by atoms with Gasteiger partial charge in [-0.25, -0.2) is 8.42 Å². The van der Waals surface area contributed by atoms with Crippen molar-refractivity contribution >= 4 is 27.5 Å². The smallest absolute Gasteiger partial charge is 0.263 e. The first-order valence-electron chi connectivity index (χ1n) is 9.90. The summed E-state index contributed by atoms with van der Waals surface area (Å²) < 4.78 is 35.2. The van der Waals surface area contributed by atoms with Crippen LogP contribution in [0.2, 0.25) is 5.02 Å². The lowest BCUT2D eigenvalue weighted by molar-refractivity contribution is -0.139. The number of halogens is 1. The second kappa shape index (κ2) is 8.95. The highest BCUT2D eigenvalue weighted by molar-refractivity contribution is 7.89. The van der Waals surface area contributed by atoms with Crippen LogP contribution in [0.25, 0.3) is 0 Å². The van der Waals surface area contributed by atoms with Crippen LogP contribution in [-0.2, 0) is 21.4 Å². The van der Waals surface area contributed by atoms with Crippen molar-refractivity contribution in [3.63, 3.8) is 0 Å². The van der Waals surface area contributed by atoms with Crippen molar-refractivity contribution in [2.45, 2.75) is 45.2 Å². The van der Waals surface area contributed by atoms with Crippen molar-refractivity contribution in [1.29, 1.82) is 0 Å². The van der Waals surface area contributed by atoms with E-state index in [0.717, 1.165) is 0 Å². The lowest BCUT2D eigenvalue weighted by atomic mass is 10.2. The molecule has 0 spiro atoms. The molecule has 0 N–H and O–H groups in total. The maximum absolute atomic E-state index is 13.2. The van der Waals surface area contributed by atoms with Crippen LogP contribution >= 0.6 is 11.6 Å². The molecule has 0 unspecified atom stereocenters. The summed E-state index contributed by atoms with van der Waals surface area (Å²) in [6, 6.07) is 6.87. The molecule has 1 atom stereocenters. The van der Waals surface area contributed by atoms with Gasteiger partial charge < -0.3 is 9.64 Å². The van der Waals surface area contributed by atoms with Crippen LogP contribution in [0.15, 0.2) is 29.2 Å². The highest BCUT2D eigenvalue weighted by Crippen LogP contribution is 2.25. The van der Waals surface area contributed by atoms with Gasteiger partial charge in [0.25, 0.3) is 5.91 Å². The summed E-state index contributed by atoms with van der Waals surface area (Å²) in [6.07, 6.45) is -0.695. The van der Waals surface area contributed by atoms with Crippen molar-refractivity contribution in [3.05, 3.63) is 40.7 Å². The fraction of sp³-hybridized carbons (Fsp3) is 0.500. The Kier molecular flexibility index (Phi) is 6.74. The van der Waals surface area contributed by atoms with Gasteiger partial charge in [0.1, 0.15) is 10.6 Å². The molecular weight excluding hydrogens is 428 g/mol. The number of hydrogen-bond donors (Lipinski definition) is 0. The number of nitrogens with zero attached hydrogens (tertiary/aromatic N) is 4. The van der Waals surface area contributed by atoms with E-state index in [0.29, 0.717) is 41.8 Å². The van der Waals surface area contributed by atoms with Gasteiger partial charge in [-0.2, -0.15) is 9.40 Å². The first kappa shape index (κ1) is 22.6. The van der Waals surface area contributed by atoms with Gasteiger partial charge in [0.05, 0.1) is 11.4 Å². The Labute approximate surface area is 182 Å². The molecule has 0 radical (unpaired) electrons. The average Bonchev–Trinajstić information content (AvgIpc) is 3.01. The summed E-state index contributed by atoms with van der Waals surface area (Å²) in [4.78, 5) is 14.7. The van der Waals surface area contributed by atoms with E-state index in [1.807, 2.05) is 6.92 Å². The van der Waals surface area contributed by atoms with Gasteiger partial charge in [-0.3, -0.25) is 9.48 Å². The van der Waals surface area contributed by atoms with Crippen LogP contribution in [-0.4, -0.2) is 65.6 Å². The summed E-state index contributed by atoms with van der Waals surface area (Å²) in [6.45, 7) is 8.76. The van der Waals surface area contributed by atoms with Crippen LogP contribution in [0.4, 0.5) is 0 Å². The van der Waals surface area contributed by atoms with Crippen molar-refractivity contribution in [2.24, 2.45) is 0 Å². The predicted molar refractivity (Wildman–Crippen MR) is 114 cm³/mol. The van der Waals surface area contributed by atoms with Crippen molar-refractivity contribution in [3.8, 4) is 5.75 Å². The maximum atomic E-state index is 13.2. The van der Waals surface area contributed by atoms with Crippen LogP contribution in [0, 0.1) is 13.8 Å². The van der Waals surface area contributed by atoms with Gasteiger partial charge in [-0.05, 0) is 45.9 Å². The summed E-state index contributed by atoms with van der Waals surface area (Å²) >= 11 is 5.96. The fourth-order valence-electron chi connectivity index (χ4n) is 3.69. The molecule has 1 fully saturated rings. The first-order valence-corrected chi connectivity index (χ1v) is 11.7. The van der Waals surface area contributed by atoms with Gasteiger partial charge in [-0.15, -0.1) is 0 Å². The fourth-order valence-corrected chi connectivity index (χ4v) is 5.67. The molecule has 164 valence electrons. The van der Waals surface area contributed by atoms with Gasteiger partial charge in [0.2, 0.25) is 10.0 Å². The Morgan fingerprint density at radius 3 is 2.47 bits per heavy atom. The van der Waals surface area contributed by atoms with Gasteiger partial charge >= 0.3 is 0 Å². The Morgan fingerprint density at radius 1 is 1.23 bits per heavy atom. The summed E-state index contributed by atoms with van der Waals surface area (Å²) in [5.74, 6) is 0.335. The predicted octanol–water partition coefficient (Wildman–Crippen LogP) is 2.47. The number of aryl methyl sites for hydroxylation is 2. The normalized spacial score (nSPS) is 16.5. The molecule has 2 heterocycles. The monoisotopic (exact) mass is 454 g/mol. The standard InChI is InChI=1S/C20H27ClN4O4S/c1-5-25-15(3)19(14(2)22-25)30(27,28)24-11-9-23(10-12-24)20(26)16(4)29-18-8-6-7-17(21)13-18/h6-8,13,16H,5,9-12H2,1-4H3/t16-/m0/s1. The summed E-state index contributed by atoms with van der Waals surface area (Å²) in [7, 11) is -3.67. The van der Waals surface area contributed by atoms with Crippen molar-refractivity contribution < 1.29 is 17.9 Å². The summed E-state index contributed by atoms with van der Waals surface area (Å²) in [5, 5.41) is 4.85. The number of hydrogen-bond acceptors (Lipinski definition) is 5. The molecule has 0 saturated carbocycles. The van der Waals surface area contributed by atoms with E-state index in [1.54, 1.807) is 54.6 Å². The molecule has 3 rings (SSSR count). The third-order valence-corrected chi connectivity index (χ3v) is 7.61. The zero-order chi connectivity index (χ0) is 22.1. The molecule has 2 aromatic rings. The molecule has 1 aromatic heterocycles. The van der Waals surface area contributed by atoms with Gasteiger partial charge in [0, 0.05) is 37.7 Å². The molecule has 1 aliphatic heterocycles. The highest BCUT2D eigenvalue weighted by atomic mass is 35.5. The topological polar surface area (TPSA) is 84.7 Å². The third-order valence-electron chi connectivity index (χ3n) is 5.22. The molecule has 0 aliphatic carbocycles. The number of carbonyl (C=O) groups is 1. The number of piperazine rings is 1. The number of ether oxygens (including phenoxy) is 1. The molecule has 1 amide bonds. The average molecular weight is 455 g/mol. The van der Waals surface area contributed by atoms with Crippen LogP contribution in [0.3, 0.4) is 0 Å². The van der Waals surface area contributed by atoms with Crippen molar-refractivity contribution in [1.82, 2.24) is 19.0 Å². The molecule has 8 nitrogen and oxygen atoms in total. The lowest BCUT2D eigenvalue weighted by Gasteiger charge is -2.35. The Morgan fingerprint density at radius 2 is 1.90 bits per heavy atom. The van der Waals surface area contributed by atoms with Gasteiger partial charge in [0.15, 0.2) is 6.10 Å². The second-order valence-electron chi connectivity index (χ2n) is 7.26. The zero-order valence-electron chi connectivity index (χ0n) is 17.6. The number of sulfonamides is 1. The zero-order valence-corrected chi connectivity index (χ0v) is 19.2. The maximum Gasteiger partial charge on any atom is 0.263 e. The number of rotatable bonds is 6. The minimum Gasteiger partial charge on any atom is -0.481 e. The minimum atomic E-state index is -3.67.